The Morgan fingerprint density at radius 3 is 2.35 bits per heavy atom. The quantitative estimate of drug-likeness (QED) is 0.906. The Bertz CT molecular complexity index is 669. The van der Waals surface area contributed by atoms with Crippen molar-refractivity contribution < 1.29 is 14.7 Å². The van der Waals surface area contributed by atoms with Gasteiger partial charge in [-0.05, 0) is 50.1 Å². The molecule has 0 aliphatic heterocycles. The Kier molecular flexibility index (Phi) is 3.90. The van der Waals surface area contributed by atoms with Crippen molar-refractivity contribution in [3.05, 3.63) is 50.7 Å². The first kappa shape index (κ1) is 14.3. The largest absolute Gasteiger partial charge is 0.478 e. The number of carbonyl (C=O) groups excluding carboxylic acids is 1. The summed E-state index contributed by atoms with van der Waals surface area (Å²) in [5, 5.41) is 11.8. The maximum absolute atomic E-state index is 12.2. The number of nitrogens with one attached hydrogen (secondary N) is 1. The number of anilines is 1. The van der Waals surface area contributed by atoms with E-state index in [4.69, 9.17) is 5.11 Å². The summed E-state index contributed by atoms with van der Waals surface area (Å²) in [6, 6.07) is 6.52. The van der Waals surface area contributed by atoms with Crippen LogP contribution in [0.2, 0.25) is 0 Å². The molecule has 0 spiro atoms. The lowest BCUT2D eigenvalue weighted by molar-refractivity contribution is 0.0696. The maximum Gasteiger partial charge on any atom is 0.335 e. The highest BCUT2D eigenvalue weighted by atomic mass is 32.1. The minimum atomic E-state index is -1.01. The van der Waals surface area contributed by atoms with Gasteiger partial charge in [0, 0.05) is 10.6 Å². The highest BCUT2D eigenvalue weighted by Gasteiger charge is 2.13. The van der Waals surface area contributed by atoms with Crippen LogP contribution in [0.15, 0.2) is 24.3 Å². The molecule has 0 bridgehead atoms. The normalized spacial score (nSPS) is 10.3. The summed E-state index contributed by atoms with van der Waals surface area (Å²) in [4.78, 5) is 24.9. The van der Waals surface area contributed by atoms with E-state index in [-0.39, 0.29) is 11.5 Å². The van der Waals surface area contributed by atoms with E-state index in [0.717, 1.165) is 16.0 Å². The zero-order valence-electron chi connectivity index (χ0n) is 11.5. The predicted molar refractivity (Wildman–Crippen MR) is 79.9 cm³/mol. The second-order valence-corrected chi connectivity index (χ2v) is 5.90. The molecule has 1 aromatic carbocycles. The molecule has 0 saturated heterocycles. The average Bonchev–Trinajstić information content (AvgIpc) is 2.72. The van der Waals surface area contributed by atoms with Gasteiger partial charge in [0.05, 0.1) is 10.4 Å². The Balaban J connectivity index is 2.27. The van der Waals surface area contributed by atoms with Gasteiger partial charge in [0.2, 0.25) is 0 Å². The number of carbonyl (C=O) groups is 2. The minimum absolute atomic E-state index is 0.157. The van der Waals surface area contributed by atoms with Crippen LogP contribution in [0.3, 0.4) is 0 Å². The number of benzene rings is 1. The molecule has 5 heteroatoms. The number of hydrogen-bond donors (Lipinski definition) is 2. The summed E-state index contributed by atoms with van der Waals surface area (Å²) in [6.07, 6.45) is 0. The fourth-order valence-corrected chi connectivity index (χ4v) is 2.69. The maximum atomic E-state index is 12.2. The highest BCUT2D eigenvalue weighted by molar-refractivity contribution is 7.14. The zero-order valence-corrected chi connectivity index (χ0v) is 12.3. The molecule has 1 amide bonds. The minimum Gasteiger partial charge on any atom is -0.478 e. The monoisotopic (exact) mass is 289 g/mol. The van der Waals surface area contributed by atoms with Gasteiger partial charge in [0.25, 0.3) is 5.91 Å². The molecule has 0 fully saturated rings. The van der Waals surface area contributed by atoms with Crippen LogP contribution in [0.25, 0.3) is 0 Å². The molecular formula is C15H15NO3S. The number of aryl methyl sites for hydroxylation is 3. The molecule has 2 N–H and O–H groups in total. The van der Waals surface area contributed by atoms with E-state index in [1.165, 1.54) is 23.5 Å². The van der Waals surface area contributed by atoms with Crippen LogP contribution in [0.1, 0.15) is 36.0 Å². The second-order valence-electron chi connectivity index (χ2n) is 4.64. The van der Waals surface area contributed by atoms with E-state index in [1.54, 1.807) is 6.07 Å². The third kappa shape index (κ3) is 2.88. The van der Waals surface area contributed by atoms with Crippen molar-refractivity contribution in [3.8, 4) is 0 Å². The summed E-state index contributed by atoms with van der Waals surface area (Å²) < 4.78 is 0. The molecule has 0 radical (unpaired) electrons. The standard InChI is InChI=1S/C15H15NO3S/c1-8-4-5-11(15(18)19)7-12(8)16-14(17)13-6-9(2)10(3)20-13/h4-7H,1-3H3,(H,16,17)(H,18,19). The topological polar surface area (TPSA) is 66.4 Å². The number of rotatable bonds is 3. The third-order valence-corrected chi connectivity index (χ3v) is 4.27. The van der Waals surface area contributed by atoms with Crippen LogP contribution in [0.5, 0.6) is 0 Å². The second kappa shape index (κ2) is 5.46. The summed E-state index contributed by atoms with van der Waals surface area (Å²) >= 11 is 1.43. The van der Waals surface area contributed by atoms with Gasteiger partial charge in [-0.15, -0.1) is 11.3 Å². The predicted octanol–water partition coefficient (Wildman–Crippen LogP) is 3.62. The van der Waals surface area contributed by atoms with Crippen LogP contribution >= 0.6 is 11.3 Å². The SMILES string of the molecule is Cc1ccc(C(=O)O)cc1NC(=O)c1cc(C)c(C)s1. The van der Waals surface area contributed by atoms with Crippen molar-refractivity contribution in [1.82, 2.24) is 0 Å². The van der Waals surface area contributed by atoms with Gasteiger partial charge in [-0.3, -0.25) is 4.79 Å². The molecule has 20 heavy (non-hydrogen) atoms. The summed E-state index contributed by atoms with van der Waals surface area (Å²) in [5.41, 5.74) is 2.59. The van der Waals surface area contributed by atoms with Crippen molar-refractivity contribution >= 4 is 28.9 Å². The lowest BCUT2D eigenvalue weighted by atomic mass is 10.1. The van der Waals surface area contributed by atoms with Crippen LogP contribution < -0.4 is 5.32 Å². The number of hydrogen-bond acceptors (Lipinski definition) is 3. The van der Waals surface area contributed by atoms with E-state index >= 15 is 0 Å². The Morgan fingerprint density at radius 1 is 1.10 bits per heavy atom. The first-order valence-electron chi connectivity index (χ1n) is 6.11. The molecular weight excluding hydrogens is 274 g/mol. The summed E-state index contributed by atoms with van der Waals surface area (Å²) in [5.74, 6) is -1.22. The molecule has 0 unspecified atom stereocenters. The first-order valence-corrected chi connectivity index (χ1v) is 6.92. The van der Waals surface area contributed by atoms with Crippen LogP contribution in [-0.2, 0) is 0 Å². The number of aromatic carboxylic acids is 1. The Hall–Kier alpha value is -2.14. The molecule has 2 rings (SSSR count). The van der Waals surface area contributed by atoms with Gasteiger partial charge >= 0.3 is 5.97 Å². The lowest BCUT2D eigenvalue weighted by Gasteiger charge is -2.08. The van der Waals surface area contributed by atoms with Gasteiger partial charge in [-0.25, -0.2) is 4.79 Å². The van der Waals surface area contributed by atoms with Crippen LogP contribution in [-0.4, -0.2) is 17.0 Å². The number of thiophene rings is 1. The van der Waals surface area contributed by atoms with Gasteiger partial charge in [-0.2, -0.15) is 0 Å². The number of carboxylic acids is 1. The molecule has 0 atom stereocenters. The lowest BCUT2D eigenvalue weighted by Crippen LogP contribution is -2.12. The van der Waals surface area contributed by atoms with E-state index in [0.29, 0.717) is 10.6 Å². The number of carboxylic acid groups (broad SMARTS) is 1. The molecule has 4 nitrogen and oxygen atoms in total. The van der Waals surface area contributed by atoms with Gasteiger partial charge in [0.15, 0.2) is 0 Å². The van der Waals surface area contributed by atoms with Crippen molar-refractivity contribution in [1.29, 1.82) is 0 Å². The molecule has 104 valence electrons. The zero-order chi connectivity index (χ0) is 14.9. The highest BCUT2D eigenvalue weighted by Crippen LogP contribution is 2.23. The van der Waals surface area contributed by atoms with Crippen LogP contribution in [0.4, 0.5) is 5.69 Å². The Labute approximate surface area is 121 Å². The summed E-state index contributed by atoms with van der Waals surface area (Å²) in [7, 11) is 0. The molecule has 1 aromatic heterocycles. The van der Waals surface area contributed by atoms with Crippen molar-refractivity contribution in [2.45, 2.75) is 20.8 Å². The van der Waals surface area contributed by atoms with Crippen molar-refractivity contribution in [2.24, 2.45) is 0 Å². The van der Waals surface area contributed by atoms with Gasteiger partial charge in [-0.1, -0.05) is 6.07 Å². The smallest absolute Gasteiger partial charge is 0.335 e. The van der Waals surface area contributed by atoms with Crippen molar-refractivity contribution in [2.75, 3.05) is 5.32 Å². The van der Waals surface area contributed by atoms with E-state index in [9.17, 15) is 9.59 Å². The van der Waals surface area contributed by atoms with E-state index in [1.807, 2.05) is 26.8 Å². The molecule has 0 aliphatic carbocycles. The number of amides is 1. The average molecular weight is 289 g/mol. The third-order valence-electron chi connectivity index (χ3n) is 3.12. The van der Waals surface area contributed by atoms with Gasteiger partial charge in [0.1, 0.15) is 0 Å². The van der Waals surface area contributed by atoms with E-state index in [2.05, 4.69) is 5.32 Å². The molecule has 2 aromatic rings. The van der Waals surface area contributed by atoms with Gasteiger partial charge < -0.3 is 10.4 Å². The van der Waals surface area contributed by atoms with E-state index < -0.39 is 5.97 Å². The fraction of sp³-hybridized carbons (Fsp3) is 0.200. The fourth-order valence-electron chi connectivity index (χ4n) is 1.76. The molecule has 1 heterocycles. The van der Waals surface area contributed by atoms with Crippen LogP contribution in [0, 0.1) is 20.8 Å². The summed E-state index contributed by atoms with van der Waals surface area (Å²) in [6.45, 7) is 5.75. The Morgan fingerprint density at radius 2 is 1.80 bits per heavy atom. The van der Waals surface area contributed by atoms with Crippen molar-refractivity contribution in [3.63, 3.8) is 0 Å². The molecule has 0 saturated carbocycles. The molecule has 0 aliphatic rings. The first-order chi connectivity index (χ1) is 9.38.